The maximum atomic E-state index is 12.2. The van der Waals surface area contributed by atoms with Gasteiger partial charge < -0.3 is 14.2 Å². The summed E-state index contributed by atoms with van der Waals surface area (Å²) >= 11 is 1.35. The molecule has 2 aromatic rings. The number of amides is 1. The molecular formula is C19H17NO4S. The van der Waals surface area contributed by atoms with Crippen molar-refractivity contribution in [2.75, 3.05) is 21.3 Å². The molecule has 0 atom stereocenters. The zero-order chi connectivity index (χ0) is 17.8. The highest BCUT2D eigenvalue weighted by Crippen LogP contribution is 2.40. The van der Waals surface area contributed by atoms with E-state index in [-0.39, 0.29) is 5.91 Å². The van der Waals surface area contributed by atoms with E-state index in [2.05, 4.69) is 4.99 Å². The van der Waals surface area contributed by atoms with Crippen LogP contribution in [-0.2, 0) is 4.79 Å². The van der Waals surface area contributed by atoms with Gasteiger partial charge in [0.2, 0.25) is 5.75 Å². The van der Waals surface area contributed by atoms with Crippen LogP contribution >= 0.6 is 11.8 Å². The molecular weight excluding hydrogens is 338 g/mol. The highest BCUT2D eigenvalue weighted by atomic mass is 32.2. The fourth-order valence-electron chi connectivity index (χ4n) is 2.45. The molecule has 128 valence electrons. The molecule has 2 aromatic carbocycles. The van der Waals surface area contributed by atoms with Gasteiger partial charge in [-0.3, -0.25) is 4.79 Å². The van der Waals surface area contributed by atoms with Crippen LogP contribution in [0.2, 0.25) is 0 Å². The number of nitrogens with zero attached hydrogens (tertiary/aromatic N) is 1. The standard InChI is InChI=1S/C19H17NO4S/c1-22-14-9-12(10-15(23-2)17(14)24-3)11-16-18(21)20-19(25-16)13-7-5-4-6-8-13/h4-11H,1-3H3. The van der Waals surface area contributed by atoms with Gasteiger partial charge in [-0.15, -0.1) is 0 Å². The summed E-state index contributed by atoms with van der Waals surface area (Å²) < 4.78 is 16.0. The second-order valence-electron chi connectivity index (χ2n) is 5.16. The van der Waals surface area contributed by atoms with Crippen LogP contribution in [0, 0.1) is 0 Å². The molecule has 5 nitrogen and oxygen atoms in total. The Balaban J connectivity index is 1.93. The lowest BCUT2D eigenvalue weighted by Gasteiger charge is -2.13. The molecule has 0 unspecified atom stereocenters. The smallest absolute Gasteiger partial charge is 0.284 e. The summed E-state index contributed by atoms with van der Waals surface area (Å²) in [6.07, 6.45) is 1.77. The molecule has 0 bridgehead atoms. The first-order valence-electron chi connectivity index (χ1n) is 7.54. The van der Waals surface area contributed by atoms with Gasteiger partial charge in [-0.1, -0.05) is 42.1 Å². The molecule has 0 spiro atoms. The molecule has 1 amide bonds. The lowest BCUT2D eigenvalue weighted by atomic mass is 10.1. The Morgan fingerprint density at radius 1 is 0.960 bits per heavy atom. The number of carbonyl (C=O) groups excluding carboxylic acids is 1. The van der Waals surface area contributed by atoms with Crippen molar-refractivity contribution in [1.82, 2.24) is 0 Å². The molecule has 3 rings (SSSR count). The summed E-state index contributed by atoms with van der Waals surface area (Å²) in [4.78, 5) is 16.9. The number of rotatable bonds is 5. The van der Waals surface area contributed by atoms with E-state index in [1.165, 1.54) is 11.8 Å². The largest absolute Gasteiger partial charge is 0.493 e. The third-order valence-electron chi connectivity index (χ3n) is 3.63. The van der Waals surface area contributed by atoms with E-state index in [0.717, 1.165) is 11.1 Å². The monoisotopic (exact) mass is 355 g/mol. The van der Waals surface area contributed by atoms with Gasteiger partial charge in [-0.05, 0) is 23.8 Å². The summed E-state index contributed by atoms with van der Waals surface area (Å²) in [6, 6.07) is 13.2. The molecule has 0 saturated heterocycles. The highest BCUT2D eigenvalue weighted by molar-refractivity contribution is 8.19. The van der Waals surface area contributed by atoms with Crippen molar-refractivity contribution in [1.29, 1.82) is 0 Å². The van der Waals surface area contributed by atoms with Crippen LogP contribution in [0.25, 0.3) is 6.08 Å². The van der Waals surface area contributed by atoms with Crippen molar-refractivity contribution in [3.63, 3.8) is 0 Å². The summed E-state index contributed by atoms with van der Waals surface area (Å²) in [5, 5.41) is 0.698. The van der Waals surface area contributed by atoms with Gasteiger partial charge in [0, 0.05) is 5.56 Å². The Hall–Kier alpha value is -2.73. The SMILES string of the molecule is COc1cc(C=C2SC(c3ccccc3)=NC2=O)cc(OC)c1OC. The lowest BCUT2D eigenvalue weighted by molar-refractivity contribution is -0.113. The van der Waals surface area contributed by atoms with Crippen molar-refractivity contribution in [2.45, 2.75) is 0 Å². The Kier molecular flexibility index (Phi) is 5.09. The van der Waals surface area contributed by atoms with Gasteiger partial charge in [0.05, 0.1) is 26.2 Å². The minimum Gasteiger partial charge on any atom is -0.493 e. The number of carbonyl (C=O) groups is 1. The number of ether oxygens (including phenoxy) is 3. The number of thioether (sulfide) groups is 1. The Bertz CT molecular complexity index is 834. The lowest BCUT2D eigenvalue weighted by Crippen LogP contribution is -1.96. The number of methoxy groups -OCH3 is 3. The minimum atomic E-state index is -0.252. The molecule has 0 aromatic heterocycles. The van der Waals surface area contributed by atoms with Crippen LogP contribution in [0.1, 0.15) is 11.1 Å². The van der Waals surface area contributed by atoms with Crippen molar-refractivity contribution >= 4 is 28.8 Å². The first kappa shape index (κ1) is 17.1. The Labute approximate surface area is 150 Å². The second-order valence-corrected chi connectivity index (χ2v) is 6.19. The molecule has 0 N–H and O–H groups in total. The van der Waals surface area contributed by atoms with E-state index < -0.39 is 0 Å². The maximum Gasteiger partial charge on any atom is 0.284 e. The van der Waals surface area contributed by atoms with Gasteiger partial charge >= 0.3 is 0 Å². The van der Waals surface area contributed by atoms with Crippen LogP contribution in [0.5, 0.6) is 17.2 Å². The summed E-state index contributed by atoms with van der Waals surface area (Å²) in [7, 11) is 4.66. The molecule has 1 aliphatic heterocycles. The molecule has 1 aliphatic rings. The number of hydrogen-bond acceptors (Lipinski definition) is 5. The van der Waals surface area contributed by atoms with E-state index in [0.29, 0.717) is 27.2 Å². The summed E-state index contributed by atoms with van der Waals surface area (Å²) in [6.45, 7) is 0. The number of aliphatic imine (C=N–C) groups is 1. The zero-order valence-corrected chi connectivity index (χ0v) is 14.9. The van der Waals surface area contributed by atoms with Gasteiger partial charge in [0.25, 0.3) is 5.91 Å². The van der Waals surface area contributed by atoms with E-state index >= 15 is 0 Å². The Morgan fingerprint density at radius 2 is 1.60 bits per heavy atom. The van der Waals surface area contributed by atoms with E-state index in [1.807, 2.05) is 30.3 Å². The third-order valence-corrected chi connectivity index (χ3v) is 4.66. The van der Waals surface area contributed by atoms with Crippen molar-refractivity contribution < 1.29 is 19.0 Å². The molecule has 25 heavy (non-hydrogen) atoms. The average molecular weight is 355 g/mol. The van der Waals surface area contributed by atoms with Crippen LogP contribution in [0.4, 0.5) is 0 Å². The van der Waals surface area contributed by atoms with Gasteiger partial charge in [0.1, 0.15) is 5.04 Å². The van der Waals surface area contributed by atoms with Crippen molar-refractivity contribution in [3.05, 3.63) is 58.5 Å². The van der Waals surface area contributed by atoms with E-state index in [1.54, 1.807) is 39.5 Å². The third kappa shape index (κ3) is 3.53. The van der Waals surface area contributed by atoms with Gasteiger partial charge in [-0.25, -0.2) is 4.99 Å². The fraction of sp³-hybridized carbons (Fsp3) is 0.158. The fourth-order valence-corrected chi connectivity index (χ4v) is 3.37. The molecule has 0 saturated carbocycles. The topological polar surface area (TPSA) is 57.1 Å². The van der Waals surface area contributed by atoms with Crippen LogP contribution in [0.15, 0.2) is 52.4 Å². The van der Waals surface area contributed by atoms with Crippen LogP contribution in [0.3, 0.4) is 0 Å². The molecule has 0 aliphatic carbocycles. The first-order valence-corrected chi connectivity index (χ1v) is 8.36. The Morgan fingerprint density at radius 3 is 2.16 bits per heavy atom. The molecule has 1 heterocycles. The molecule has 0 fully saturated rings. The van der Waals surface area contributed by atoms with Gasteiger partial charge in [-0.2, -0.15) is 0 Å². The molecule has 0 radical (unpaired) electrons. The second kappa shape index (κ2) is 7.44. The van der Waals surface area contributed by atoms with Crippen molar-refractivity contribution in [2.24, 2.45) is 4.99 Å². The van der Waals surface area contributed by atoms with Crippen LogP contribution < -0.4 is 14.2 Å². The van der Waals surface area contributed by atoms with Gasteiger partial charge in [0.15, 0.2) is 11.5 Å². The highest BCUT2D eigenvalue weighted by Gasteiger charge is 2.23. The average Bonchev–Trinajstić information content (AvgIpc) is 3.02. The zero-order valence-electron chi connectivity index (χ0n) is 14.1. The normalized spacial score (nSPS) is 15.2. The summed E-state index contributed by atoms with van der Waals surface area (Å²) in [5.74, 6) is 1.33. The predicted molar refractivity (Wildman–Crippen MR) is 99.7 cm³/mol. The quantitative estimate of drug-likeness (QED) is 0.764. The first-order chi connectivity index (χ1) is 12.2. The summed E-state index contributed by atoms with van der Waals surface area (Å²) in [5.41, 5.74) is 1.70. The molecule has 6 heteroatoms. The number of benzene rings is 2. The maximum absolute atomic E-state index is 12.2. The minimum absolute atomic E-state index is 0.252. The van der Waals surface area contributed by atoms with Crippen molar-refractivity contribution in [3.8, 4) is 17.2 Å². The predicted octanol–water partition coefficient (Wildman–Crippen LogP) is 3.77. The van der Waals surface area contributed by atoms with E-state index in [9.17, 15) is 4.79 Å². The van der Waals surface area contributed by atoms with E-state index in [4.69, 9.17) is 14.2 Å². The number of hydrogen-bond donors (Lipinski definition) is 0. The van der Waals surface area contributed by atoms with Crippen LogP contribution in [-0.4, -0.2) is 32.3 Å².